The molecule has 2 amide bonds. The number of hydrogen-bond donors (Lipinski definition) is 2. The number of nitrogens with one attached hydrogen (secondary N) is 2. The van der Waals surface area contributed by atoms with Crippen LogP contribution in [0.15, 0.2) is 30.3 Å². The van der Waals surface area contributed by atoms with E-state index >= 15 is 0 Å². The van der Waals surface area contributed by atoms with Gasteiger partial charge in [0, 0.05) is 25.6 Å². The number of carbonyl (C=O) groups is 2. The average molecular weight is 349 g/mol. The van der Waals surface area contributed by atoms with Crippen molar-refractivity contribution in [3.8, 4) is 0 Å². The van der Waals surface area contributed by atoms with Gasteiger partial charge in [0.05, 0.1) is 0 Å². The minimum Gasteiger partial charge on any atom is -0.356 e. The van der Waals surface area contributed by atoms with Crippen LogP contribution in [0, 0.1) is 11.8 Å². The summed E-state index contributed by atoms with van der Waals surface area (Å²) in [5.41, 5.74) is 0.738. The normalized spacial score (nSPS) is 10.2. The van der Waals surface area contributed by atoms with Gasteiger partial charge in [0.2, 0.25) is 5.91 Å². The molecule has 0 atom stereocenters. The van der Waals surface area contributed by atoms with Crippen molar-refractivity contribution in [3.63, 3.8) is 0 Å². The highest BCUT2D eigenvalue weighted by atomic mass is 16.2. The molecule has 25 heavy (non-hydrogen) atoms. The number of rotatable bonds is 9. The molecular weight excluding hydrogens is 312 g/mol. The molecule has 4 heteroatoms. The van der Waals surface area contributed by atoms with Gasteiger partial charge in [0.25, 0.3) is 5.91 Å². The van der Waals surface area contributed by atoms with Crippen LogP contribution in [-0.4, -0.2) is 24.9 Å². The zero-order chi connectivity index (χ0) is 19.1. The van der Waals surface area contributed by atoms with E-state index in [0.717, 1.165) is 43.8 Å². The third-order valence-electron chi connectivity index (χ3n) is 3.61. The highest BCUT2D eigenvalue weighted by Gasteiger charge is 2.02. The van der Waals surface area contributed by atoms with E-state index in [1.165, 1.54) is 6.42 Å². The first-order valence-corrected chi connectivity index (χ1v) is 9.40. The SMILES string of the molecule is CC(=O)NCCCC(C)C.CC(C)CCCNC(=O)c1ccccc1. The summed E-state index contributed by atoms with van der Waals surface area (Å²) in [5, 5.41) is 5.68. The summed E-state index contributed by atoms with van der Waals surface area (Å²) in [6.07, 6.45) is 4.50. The first-order valence-electron chi connectivity index (χ1n) is 9.40. The summed E-state index contributed by atoms with van der Waals surface area (Å²) in [4.78, 5) is 22.0. The number of benzene rings is 1. The standard InChI is InChI=1S/C13H19NO.C8H17NO/c1-11(2)7-6-10-14-13(15)12-8-4-3-5-9-12;1-7(2)5-4-6-9-8(3)10/h3-5,8-9,11H,6-7,10H2,1-2H3,(H,14,15);7H,4-6H2,1-3H3,(H,9,10). The number of amides is 2. The minimum atomic E-state index is 0.0272. The Morgan fingerprint density at radius 1 is 0.840 bits per heavy atom. The Labute approximate surface area is 153 Å². The van der Waals surface area contributed by atoms with E-state index in [0.29, 0.717) is 5.92 Å². The molecule has 0 radical (unpaired) electrons. The smallest absolute Gasteiger partial charge is 0.251 e. The van der Waals surface area contributed by atoms with Crippen molar-refractivity contribution in [2.24, 2.45) is 11.8 Å². The average Bonchev–Trinajstić information content (AvgIpc) is 2.56. The second-order valence-electron chi connectivity index (χ2n) is 7.18. The lowest BCUT2D eigenvalue weighted by molar-refractivity contribution is -0.118. The van der Waals surface area contributed by atoms with Gasteiger partial charge in [-0.3, -0.25) is 9.59 Å². The highest BCUT2D eigenvalue weighted by molar-refractivity contribution is 5.94. The van der Waals surface area contributed by atoms with E-state index in [9.17, 15) is 9.59 Å². The lowest BCUT2D eigenvalue weighted by Crippen LogP contribution is -2.24. The van der Waals surface area contributed by atoms with Gasteiger partial charge in [-0.25, -0.2) is 0 Å². The van der Waals surface area contributed by atoms with E-state index in [4.69, 9.17) is 0 Å². The van der Waals surface area contributed by atoms with Gasteiger partial charge in [-0.2, -0.15) is 0 Å². The first-order chi connectivity index (χ1) is 11.8. The van der Waals surface area contributed by atoms with E-state index in [-0.39, 0.29) is 11.8 Å². The van der Waals surface area contributed by atoms with Gasteiger partial charge in [0.15, 0.2) is 0 Å². The molecule has 0 spiro atoms. The fourth-order valence-electron chi connectivity index (χ4n) is 2.18. The number of carbonyl (C=O) groups excluding carboxylic acids is 2. The van der Waals surface area contributed by atoms with Gasteiger partial charge in [-0.05, 0) is 49.7 Å². The van der Waals surface area contributed by atoms with Crippen LogP contribution in [0.3, 0.4) is 0 Å². The van der Waals surface area contributed by atoms with E-state index in [1.54, 1.807) is 6.92 Å². The van der Waals surface area contributed by atoms with E-state index in [1.807, 2.05) is 30.3 Å². The predicted octanol–water partition coefficient (Wildman–Crippen LogP) is 4.41. The summed E-state index contributed by atoms with van der Waals surface area (Å²) in [7, 11) is 0. The Morgan fingerprint density at radius 2 is 1.32 bits per heavy atom. The van der Waals surface area contributed by atoms with Crippen LogP contribution in [-0.2, 0) is 4.79 Å². The summed E-state index contributed by atoms with van der Waals surface area (Å²) in [6, 6.07) is 9.33. The van der Waals surface area contributed by atoms with Crippen LogP contribution >= 0.6 is 0 Å². The lowest BCUT2D eigenvalue weighted by Gasteiger charge is -2.06. The molecule has 0 aliphatic carbocycles. The lowest BCUT2D eigenvalue weighted by atomic mass is 10.1. The fraction of sp³-hybridized carbons (Fsp3) is 0.619. The molecule has 1 aromatic rings. The quantitative estimate of drug-likeness (QED) is 0.649. The Kier molecular flexibility index (Phi) is 13.4. The minimum absolute atomic E-state index is 0.0272. The zero-order valence-corrected chi connectivity index (χ0v) is 16.6. The summed E-state index contributed by atoms with van der Waals surface area (Å²) in [6.45, 7) is 11.9. The monoisotopic (exact) mass is 348 g/mol. The maximum atomic E-state index is 11.6. The van der Waals surface area contributed by atoms with Gasteiger partial charge in [-0.15, -0.1) is 0 Å². The molecule has 142 valence electrons. The largest absolute Gasteiger partial charge is 0.356 e. The van der Waals surface area contributed by atoms with E-state index in [2.05, 4.69) is 38.3 Å². The molecule has 0 aliphatic heterocycles. The molecule has 1 rings (SSSR count). The van der Waals surface area contributed by atoms with Gasteiger partial charge in [0.1, 0.15) is 0 Å². The van der Waals surface area contributed by atoms with Crippen LogP contribution in [0.2, 0.25) is 0 Å². The molecule has 0 fully saturated rings. The van der Waals surface area contributed by atoms with Gasteiger partial charge < -0.3 is 10.6 Å². The van der Waals surface area contributed by atoms with Gasteiger partial charge in [-0.1, -0.05) is 45.9 Å². The topological polar surface area (TPSA) is 58.2 Å². The van der Waals surface area contributed by atoms with Crippen LogP contribution in [0.4, 0.5) is 0 Å². The molecule has 0 unspecified atom stereocenters. The first kappa shape index (κ1) is 23.2. The molecule has 4 nitrogen and oxygen atoms in total. The third kappa shape index (κ3) is 15.4. The van der Waals surface area contributed by atoms with Crippen molar-refractivity contribution in [1.29, 1.82) is 0 Å². The molecule has 0 aromatic heterocycles. The van der Waals surface area contributed by atoms with Crippen molar-refractivity contribution in [3.05, 3.63) is 35.9 Å². The van der Waals surface area contributed by atoms with Crippen LogP contribution in [0.25, 0.3) is 0 Å². The predicted molar refractivity (Wildman–Crippen MR) is 106 cm³/mol. The maximum absolute atomic E-state index is 11.6. The molecular formula is C21H36N2O2. The Hall–Kier alpha value is -1.84. The summed E-state index contributed by atoms with van der Waals surface area (Å²) < 4.78 is 0. The highest BCUT2D eigenvalue weighted by Crippen LogP contribution is 2.03. The second-order valence-corrected chi connectivity index (χ2v) is 7.18. The molecule has 0 saturated heterocycles. The number of hydrogen-bond acceptors (Lipinski definition) is 2. The Bertz CT molecular complexity index is 470. The molecule has 0 aliphatic rings. The molecule has 0 bridgehead atoms. The van der Waals surface area contributed by atoms with Crippen LogP contribution < -0.4 is 10.6 Å². The van der Waals surface area contributed by atoms with Crippen molar-refractivity contribution >= 4 is 11.8 Å². The summed E-state index contributed by atoms with van der Waals surface area (Å²) in [5.74, 6) is 1.55. The van der Waals surface area contributed by atoms with Gasteiger partial charge >= 0.3 is 0 Å². The molecule has 0 saturated carbocycles. The Morgan fingerprint density at radius 3 is 1.76 bits per heavy atom. The van der Waals surface area contributed by atoms with E-state index < -0.39 is 0 Å². The van der Waals surface area contributed by atoms with Crippen LogP contribution in [0.1, 0.15) is 70.7 Å². The Balaban J connectivity index is 0.000000504. The van der Waals surface area contributed by atoms with Crippen LogP contribution in [0.5, 0.6) is 0 Å². The fourth-order valence-corrected chi connectivity index (χ4v) is 2.18. The molecule has 2 N–H and O–H groups in total. The van der Waals surface area contributed by atoms with Crippen molar-refractivity contribution in [1.82, 2.24) is 10.6 Å². The zero-order valence-electron chi connectivity index (χ0n) is 16.6. The second kappa shape index (κ2) is 14.5. The maximum Gasteiger partial charge on any atom is 0.251 e. The summed E-state index contributed by atoms with van der Waals surface area (Å²) >= 11 is 0. The van der Waals surface area contributed by atoms with Crippen molar-refractivity contribution in [2.75, 3.05) is 13.1 Å². The third-order valence-corrected chi connectivity index (χ3v) is 3.61. The van der Waals surface area contributed by atoms with Crippen molar-refractivity contribution in [2.45, 2.75) is 60.3 Å². The molecule has 1 aromatic carbocycles. The van der Waals surface area contributed by atoms with Crippen molar-refractivity contribution < 1.29 is 9.59 Å². The molecule has 0 heterocycles.